The summed E-state index contributed by atoms with van der Waals surface area (Å²) in [5, 5.41) is 0. The van der Waals surface area contributed by atoms with Gasteiger partial charge < -0.3 is 4.74 Å². The van der Waals surface area contributed by atoms with E-state index in [1.165, 1.54) is 5.56 Å². The second-order valence-corrected chi connectivity index (χ2v) is 4.75. The van der Waals surface area contributed by atoms with E-state index in [4.69, 9.17) is 10.6 Å². The van der Waals surface area contributed by atoms with Gasteiger partial charge in [-0.3, -0.25) is 11.3 Å². The Kier molecular flexibility index (Phi) is 6.94. The molecule has 1 aromatic rings. The Hall–Kier alpha value is -0.900. The van der Waals surface area contributed by atoms with Crippen LogP contribution in [0.4, 0.5) is 0 Å². The highest BCUT2D eigenvalue weighted by Crippen LogP contribution is 2.30. The average molecular weight is 250 g/mol. The van der Waals surface area contributed by atoms with Gasteiger partial charge in [0.2, 0.25) is 0 Å². The summed E-state index contributed by atoms with van der Waals surface area (Å²) in [7, 11) is 0. The molecule has 18 heavy (non-hydrogen) atoms. The quantitative estimate of drug-likeness (QED) is 0.551. The molecule has 0 saturated carbocycles. The van der Waals surface area contributed by atoms with Gasteiger partial charge in [0, 0.05) is 12.5 Å². The first kappa shape index (κ1) is 15.2. The van der Waals surface area contributed by atoms with E-state index in [-0.39, 0.29) is 6.04 Å². The number of nitrogens with one attached hydrogen (secondary N) is 1. The molecule has 3 heteroatoms. The van der Waals surface area contributed by atoms with Gasteiger partial charge in [0.1, 0.15) is 0 Å². The fraction of sp³-hybridized carbons (Fsp3) is 0.600. The number of ether oxygens (including phenoxy) is 1. The Balaban J connectivity index is 2.89. The lowest BCUT2D eigenvalue weighted by atomic mass is 9.80. The minimum absolute atomic E-state index is 0.155. The Morgan fingerprint density at radius 2 is 1.89 bits per heavy atom. The van der Waals surface area contributed by atoms with E-state index in [1.807, 2.05) is 13.0 Å². The van der Waals surface area contributed by atoms with Gasteiger partial charge in [0.15, 0.2) is 0 Å². The number of hydrazine groups is 1. The maximum atomic E-state index is 5.71. The van der Waals surface area contributed by atoms with Crippen LogP contribution in [0.25, 0.3) is 0 Å². The Morgan fingerprint density at radius 3 is 2.39 bits per heavy atom. The molecule has 0 aromatic heterocycles. The molecule has 0 bridgehead atoms. The molecule has 3 atom stereocenters. The third kappa shape index (κ3) is 4.09. The topological polar surface area (TPSA) is 47.3 Å². The summed E-state index contributed by atoms with van der Waals surface area (Å²) in [6.45, 7) is 7.87. The third-order valence-electron chi connectivity index (χ3n) is 3.59. The van der Waals surface area contributed by atoms with Gasteiger partial charge in [-0.1, -0.05) is 50.6 Å². The van der Waals surface area contributed by atoms with Crippen molar-refractivity contribution in [3.8, 4) is 0 Å². The van der Waals surface area contributed by atoms with Gasteiger partial charge >= 0.3 is 0 Å². The zero-order valence-corrected chi connectivity index (χ0v) is 11.7. The van der Waals surface area contributed by atoms with Gasteiger partial charge in [-0.25, -0.2) is 0 Å². The van der Waals surface area contributed by atoms with E-state index in [0.29, 0.717) is 18.4 Å². The van der Waals surface area contributed by atoms with Crippen LogP contribution >= 0.6 is 0 Å². The summed E-state index contributed by atoms with van der Waals surface area (Å²) in [6, 6.07) is 10.7. The van der Waals surface area contributed by atoms with Crippen molar-refractivity contribution in [3.05, 3.63) is 35.9 Å². The Morgan fingerprint density at radius 1 is 1.22 bits per heavy atom. The van der Waals surface area contributed by atoms with Crippen LogP contribution in [0.2, 0.25) is 0 Å². The minimum Gasteiger partial charge on any atom is -0.380 e. The van der Waals surface area contributed by atoms with Crippen molar-refractivity contribution in [1.29, 1.82) is 0 Å². The molecule has 0 aliphatic rings. The highest BCUT2D eigenvalue weighted by Gasteiger charge is 2.26. The van der Waals surface area contributed by atoms with Gasteiger partial charge in [-0.15, -0.1) is 0 Å². The van der Waals surface area contributed by atoms with Crippen molar-refractivity contribution < 1.29 is 4.74 Å². The van der Waals surface area contributed by atoms with Crippen molar-refractivity contribution in [2.45, 2.75) is 39.2 Å². The zero-order chi connectivity index (χ0) is 13.4. The van der Waals surface area contributed by atoms with Crippen molar-refractivity contribution in [3.63, 3.8) is 0 Å². The second-order valence-electron chi connectivity index (χ2n) is 4.75. The molecule has 3 unspecified atom stereocenters. The van der Waals surface area contributed by atoms with E-state index in [9.17, 15) is 0 Å². The lowest BCUT2D eigenvalue weighted by molar-refractivity contribution is 0.106. The first-order valence-electron chi connectivity index (χ1n) is 6.83. The molecule has 0 saturated heterocycles. The van der Waals surface area contributed by atoms with Crippen LogP contribution in [0.3, 0.4) is 0 Å². The average Bonchev–Trinajstić information content (AvgIpc) is 2.43. The molecule has 0 radical (unpaired) electrons. The number of rotatable bonds is 8. The standard InChI is InChI=1S/C15H26N2O/c1-4-12(3)15(13-9-7-6-8-10-13)14(17-16)11-18-5-2/h6-10,12,14-15,17H,4-5,11,16H2,1-3H3. The molecule has 0 amide bonds. The van der Waals surface area contributed by atoms with E-state index in [2.05, 4.69) is 43.5 Å². The van der Waals surface area contributed by atoms with Crippen molar-refractivity contribution >= 4 is 0 Å². The zero-order valence-electron chi connectivity index (χ0n) is 11.7. The molecule has 102 valence electrons. The summed E-state index contributed by atoms with van der Waals surface area (Å²) < 4.78 is 5.54. The van der Waals surface area contributed by atoms with Crippen molar-refractivity contribution in [1.82, 2.24) is 5.43 Å². The number of hydrogen-bond acceptors (Lipinski definition) is 3. The number of nitrogens with two attached hydrogens (primary N) is 1. The third-order valence-corrected chi connectivity index (χ3v) is 3.59. The smallest absolute Gasteiger partial charge is 0.0639 e. The molecule has 0 heterocycles. The lowest BCUT2D eigenvalue weighted by Crippen LogP contribution is -2.45. The van der Waals surface area contributed by atoms with Gasteiger partial charge in [0.05, 0.1) is 12.6 Å². The molecular formula is C15H26N2O. The molecule has 1 rings (SSSR count). The predicted molar refractivity (Wildman–Crippen MR) is 76.2 cm³/mol. The second kappa shape index (κ2) is 8.25. The van der Waals surface area contributed by atoms with Gasteiger partial charge in [-0.05, 0) is 18.4 Å². The fourth-order valence-corrected chi connectivity index (χ4v) is 2.39. The molecular weight excluding hydrogens is 224 g/mol. The first-order valence-corrected chi connectivity index (χ1v) is 6.83. The van der Waals surface area contributed by atoms with Crippen LogP contribution in [0, 0.1) is 5.92 Å². The fourth-order valence-electron chi connectivity index (χ4n) is 2.39. The lowest BCUT2D eigenvalue weighted by Gasteiger charge is -2.31. The van der Waals surface area contributed by atoms with Crippen LogP contribution in [-0.4, -0.2) is 19.3 Å². The molecule has 1 aromatic carbocycles. The van der Waals surface area contributed by atoms with E-state index >= 15 is 0 Å². The molecule has 0 spiro atoms. The predicted octanol–water partition coefficient (Wildman–Crippen LogP) is 2.68. The Bertz CT molecular complexity index is 316. The molecule has 0 aliphatic carbocycles. The summed E-state index contributed by atoms with van der Waals surface area (Å²) in [4.78, 5) is 0. The van der Waals surface area contributed by atoms with E-state index in [0.717, 1.165) is 13.0 Å². The highest BCUT2D eigenvalue weighted by molar-refractivity contribution is 5.22. The number of benzene rings is 1. The molecule has 3 N–H and O–H groups in total. The van der Waals surface area contributed by atoms with Crippen molar-refractivity contribution in [2.24, 2.45) is 11.8 Å². The largest absolute Gasteiger partial charge is 0.380 e. The van der Waals surface area contributed by atoms with Crippen LogP contribution in [0.1, 0.15) is 38.7 Å². The van der Waals surface area contributed by atoms with Crippen LogP contribution in [0.5, 0.6) is 0 Å². The van der Waals surface area contributed by atoms with E-state index < -0.39 is 0 Å². The van der Waals surface area contributed by atoms with E-state index in [1.54, 1.807) is 0 Å². The Labute approximate surface area is 111 Å². The number of hydrogen-bond donors (Lipinski definition) is 2. The van der Waals surface area contributed by atoms with Gasteiger partial charge in [0.25, 0.3) is 0 Å². The monoisotopic (exact) mass is 250 g/mol. The summed E-state index contributed by atoms with van der Waals surface area (Å²) >= 11 is 0. The first-order chi connectivity index (χ1) is 8.74. The summed E-state index contributed by atoms with van der Waals surface area (Å²) in [6.07, 6.45) is 1.13. The van der Waals surface area contributed by atoms with Crippen LogP contribution in [-0.2, 0) is 4.74 Å². The molecule has 0 fully saturated rings. The normalized spacial score (nSPS) is 16.2. The summed E-state index contributed by atoms with van der Waals surface area (Å²) in [5.74, 6) is 6.66. The van der Waals surface area contributed by atoms with Crippen molar-refractivity contribution in [2.75, 3.05) is 13.2 Å². The van der Waals surface area contributed by atoms with Gasteiger partial charge in [-0.2, -0.15) is 0 Å². The highest BCUT2D eigenvalue weighted by atomic mass is 16.5. The maximum absolute atomic E-state index is 5.71. The summed E-state index contributed by atoms with van der Waals surface area (Å²) in [5.41, 5.74) is 4.25. The van der Waals surface area contributed by atoms with Crippen LogP contribution in [0.15, 0.2) is 30.3 Å². The van der Waals surface area contributed by atoms with Crippen LogP contribution < -0.4 is 11.3 Å². The maximum Gasteiger partial charge on any atom is 0.0639 e. The SMILES string of the molecule is CCOCC(NN)C(c1ccccc1)C(C)CC. The molecule has 0 aliphatic heterocycles. The minimum atomic E-state index is 0.155. The molecule has 3 nitrogen and oxygen atoms in total.